The van der Waals surface area contributed by atoms with E-state index in [9.17, 15) is 14.0 Å². The standard InChI is InChI=1S/C25H28FN3O3/c1-4-17-12-20-21(10-15(17)3)29(22-13-23(30)28-25(31)24(22)27-20)14-19(32-5-2)11-16-6-8-18(26)9-7-16/h6-10,12,19,22H,4-5,11,13-14H2,1-3H3,(H,28,30,31). The lowest BCUT2D eigenvalue weighted by molar-refractivity contribution is -0.128. The molecule has 0 aromatic heterocycles. The summed E-state index contributed by atoms with van der Waals surface area (Å²) in [7, 11) is 0. The molecule has 2 aromatic carbocycles. The Balaban J connectivity index is 1.71. The number of carbonyl (C=O) groups is 2. The Bertz CT molecular complexity index is 1060. The number of halogens is 1. The summed E-state index contributed by atoms with van der Waals surface area (Å²) in [5.74, 6) is -1.02. The molecule has 2 heterocycles. The molecular formula is C25H28FN3O3. The first-order valence-electron chi connectivity index (χ1n) is 11.1. The van der Waals surface area contributed by atoms with Crippen molar-refractivity contribution in [2.24, 2.45) is 4.99 Å². The van der Waals surface area contributed by atoms with Gasteiger partial charge in [-0.05, 0) is 61.2 Å². The number of hydrogen-bond acceptors (Lipinski definition) is 5. The smallest absolute Gasteiger partial charge is 0.274 e. The number of nitrogens with one attached hydrogen (secondary N) is 1. The summed E-state index contributed by atoms with van der Waals surface area (Å²) in [6.07, 6.45) is 1.41. The van der Waals surface area contributed by atoms with Crippen LogP contribution in [0.3, 0.4) is 0 Å². The summed E-state index contributed by atoms with van der Waals surface area (Å²) in [6, 6.07) is 10.1. The zero-order valence-corrected chi connectivity index (χ0v) is 18.7. The first kappa shape index (κ1) is 22.1. The van der Waals surface area contributed by atoms with E-state index < -0.39 is 11.9 Å². The Kier molecular flexibility index (Phi) is 6.37. The normalized spacial score (nSPS) is 18.6. The van der Waals surface area contributed by atoms with E-state index in [0.29, 0.717) is 25.3 Å². The Morgan fingerprint density at radius 2 is 1.97 bits per heavy atom. The Labute approximate surface area is 187 Å². The summed E-state index contributed by atoms with van der Waals surface area (Å²) in [4.78, 5) is 31.5. The van der Waals surface area contributed by atoms with E-state index in [1.54, 1.807) is 12.1 Å². The molecule has 2 aliphatic heterocycles. The Morgan fingerprint density at radius 1 is 1.22 bits per heavy atom. The highest BCUT2D eigenvalue weighted by molar-refractivity contribution is 6.46. The quantitative estimate of drug-likeness (QED) is 0.672. The number of ether oxygens (including phenoxy) is 1. The lowest BCUT2D eigenvalue weighted by atomic mass is 9.94. The lowest BCUT2D eigenvalue weighted by Crippen LogP contribution is -2.58. The fourth-order valence-corrected chi connectivity index (χ4v) is 4.51. The minimum absolute atomic E-state index is 0.161. The Morgan fingerprint density at radius 3 is 2.66 bits per heavy atom. The van der Waals surface area contributed by atoms with E-state index in [0.717, 1.165) is 28.9 Å². The Hall–Kier alpha value is -3.06. The van der Waals surface area contributed by atoms with Gasteiger partial charge >= 0.3 is 0 Å². The largest absolute Gasteiger partial charge is 0.376 e. The number of benzene rings is 2. The van der Waals surface area contributed by atoms with Crippen LogP contribution in [0, 0.1) is 12.7 Å². The molecule has 0 aliphatic carbocycles. The van der Waals surface area contributed by atoms with Gasteiger partial charge in [0.2, 0.25) is 5.91 Å². The number of carbonyl (C=O) groups excluding carboxylic acids is 2. The van der Waals surface area contributed by atoms with Crippen LogP contribution in [-0.2, 0) is 27.2 Å². The van der Waals surface area contributed by atoms with Gasteiger partial charge in [0.15, 0.2) is 0 Å². The molecule has 2 aliphatic rings. The molecule has 2 atom stereocenters. The molecule has 2 aromatic rings. The number of imide groups is 1. The third kappa shape index (κ3) is 4.43. The highest BCUT2D eigenvalue weighted by Crippen LogP contribution is 2.39. The van der Waals surface area contributed by atoms with Gasteiger partial charge in [-0.15, -0.1) is 0 Å². The van der Waals surface area contributed by atoms with Crippen LogP contribution in [0.2, 0.25) is 0 Å². The number of anilines is 1. The van der Waals surface area contributed by atoms with Gasteiger partial charge in [-0.1, -0.05) is 19.1 Å². The van der Waals surface area contributed by atoms with Crippen LogP contribution in [0.15, 0.2) is 41.4 Å². The number of aryl methyl sites for hydroxylation is 2. The second kappa shape index (κ2) is 9.20. The third-order valence-electron chi connectivity index (χ3n) is 6.10. The first-order chi connectivity index (χ1) is 15.4. The van der Waals surface area contributed by atoms with Gasteiger partial charge in [0.05, 0.1) is 29.9 Å². The maximum atomic E-state index is 13.3. The monoisotopic (exact) mass is 437 g/mol. The summed E-state index contributed by atoms with van der Waals surface area (Å²) in [6.45, 7) is 7.08. The predicted molar refractivity (Wildman–Crippen MR) is 122 cm³/mol. The van der Waals surface area contributed by atoms with Crippen LogP contribution in [0.1, 0.15) is 37.0 Å². The first-order valence-corrected chi connectivity index (χ1v) is 11.1. The van der Waals surface area contributed by atoms with Crippen LogP contribution in [0.4, 0.5) is 15.8 Å². The molecule has 4 rings (SSSR count). The van der Waals surface area contributed by atoms with Gasteiger partial charge in [0, 0.05) is 19.6 Å². The van der Waals surface area contributed by atoms with Gasteiger partial charge in [0.25, 0.3) is 5.91 Å². The number of fused-ring (bicyclic) bond motifs is 2. The van der Waals surface area contributed by atoms with Gasteiger partial charge in [-0.2, -0.15) is 0 Å². The molecule has 32 heavy (non-hydrogen) atoms. The molecule has 0 bridgehead atoms. The van der Waals surface area contributed by atoms with Crippen molar-refractivity contribution in [2.45, 2.75) is 52.2 Å². The molecule has 2 amide bonds. The lowest BCUT2D eigenvalue weighted by Gasteiger charge is -2.41. The van der Waals surface area contributed by atoms with Gasteiger partial charge < -0.3 is 9.64 Å². The molecule has 0 radical (unpaired) electrons. The fourth-order valence-electron chi connectivity index (χ4n) is 4.51. The highest BCUT2D eigenvalue weighted by atomic mass is 19.1. The van der Waals surface area contributed by atoms with E-state index in [2.05, 4.69) is 35.1 Å². The molecule has 0 saturated carbocycles. The van der Waals surface area contributed by atoms with Crippen LogP contribution in [-0.4, -0.2) is 42.8 Å². The van der Waals surface area contributed by atoms with E-state index in [1.807, 2.05) is 13.0 Å². The second-order valence-electron chi connectivity index (χ2n) is 8.28. The van der Waals surface area contributed by atoms with E-state index in [4.69, 9.17) is 4.74 Å². The second-order valence-corrected chi connectivity index (χ2v) is 8.28. The molecule has 1 N–H and O–H groups in total. The molecule has 168 valence electrons. The average molecular weight is 438 g/mol. The van der Waals surface area contributed by atoms with Crippen LogP contribution in [0.25, 0.3) is 0 Å². The van der Waals surface area contributed by atoms with Crippen molar-refractivity contribution >= 4 is 28.9 Å². The molecule has 1 saturated heterocycles. The van der Waals surface area contributed by atoms with Crippen molar-refractivity contribution in [1.29, 1.82) is 0 Å². The van der Waals surface area contributed by atoms with Gasteiger partial charge in [-0.3, -0.25) is 14.9 Å². The number of amides is 2. The summed E-state index contributed by atoms with van der Waals surface area (Å²) >= 11 is 0. The maximum absolute atomic E-state index is 13.3. The zero-order chi connectivity index (χ0) is 22.8. The number of hydrogen-bond donors (Lipinski definition) is 1. The van der Waals surface area contributed by atoms with E-state index >= 15 is 0 Å². The predicted octanol–water partition coefficient (Wildman–Crippen LogP) is 3.65. The molecule has 2 unspecified atom stereocenters. The topological polar surface area (TPSA) is 71.0 Å². The van der Waals surface area contributed by atoms with Crippen molar-refractivity contribution in [1.82, 2.24) is 5.32 Å². The van der Waals surface area contributed by atoms with Crippen LogP contribution >= 0.6 is 0 Å². The summed E-state index contributed by atoms with van der Waals surface area (Å²) < 4.78 is 19.4. The highest BCUT2D eigenvalue weighted by Gasteiger charge is 2.40. The van der Waals surface area contributed by atoms with Crippen LogP contribution < -0.4 is 10.2 Å². The minimum Gasteiger partial charge on any atom is -0.376 e. The van der Waals surface area contributed by atoms with Crippen molar-refractivity contribution in [3.63, 3.8) is 0 Å². The van der Waals surface area contributed by atoms with Gasteiger partial charge in [-0.25, -0.2) is 9.38 Å². The fraction of sp³-hybridized carbons (Fsp3) is 0.400. The van der Waals surface area contributed by atoms with Crippen molar-refractivity contribution in [2.75, 3.05) is 18.1 Å². The summed E-state index contributed by atoms with van der Waals surface area (Å²) in [5.41, 5.74) is 5.28. The third-order valence-corrected chi connectivity index (χ3v) is 6.10. The van der Waals surface area contributed by atoms with Gasteiger partial charge in [0.1, 0.15) is 11.5 Å². The zero-order valence-electron chi connectivity index (χ0n) is 18.7. The maximum Gasteiger partial charge on any atom is 0.274 e. The van der Waals surface area contributed by atoms with Crippen LogP contribution in [0.5, 0.6) is 0 Å². The van der Waals surface area contributed by atoms with Crippen molar-refractivity contribution in [3.05, 3.63) is 58.9 Å². The van der Waals surface area contributed by atoms with Crippen molar-refractivity contribution < 1.29 is 18.7 Å². The molecule has 6 nitrogen and oxygen atoms in total. The number of aliphatic imine (C=N–C) groups is 1. The molecule has 1 fully saturated rings. The van der Waals surface area contributed by atoms with E-state index in [1.165, 1.54) is 17.7 Å². The molecular weight excluding hydrogens is 409 g/mol. The number of rotatable bonds is 7. The number of piperidine rings is 1. The minimum atomic E-state index is -0.438. The van der Waals surface area contributed by atoms with Crippen molar-refractivity contribution in [3.8, 4) is 0 Å². The SMILES string of the molecule is CCOC(Cc1ccc(F)cc1)CN1c2cc(C)c(CC)cc2N=C2C(=O)NC(=O)CC21. The molecule has 0 spiro atoms. The van der Waals surface area contributed by atoms with E-state index in [-0.39, 0.29) is 24.2 Å². The average Bonchev–Trinajstić information content (AvgIpc) is 2.76. The molecule has 7 heteroatoms. The summed E-state index contributed by atoms with van der Waals surface area (Å²) in [5, 5.41) is 2.39. The number of nitrogens with zero attached hydrogens (tertiary/aromatic N) is 2.